The number of amides is 2. The van der Waals surface area contributed by atoms with Crippen molar-refractivity contribution in [2.75, 3.05) is 26.3 Å². The lowest BCUT2D eigenvalue weighted by Crippen LogP contribution is -2.36. The van der Waals surface area contributed by atoms with Gasteiger partial charge in [0.15, 0.2) is 0 Å². The summed E-state index contributed by atoms with van der Waals surface area (Å²) in [5.74, 6) is 0. The van der Waals surface area contributed by atoms with Gasteiger partial charge in [-0.25, -0.2) is 4.79 Å². The second kappa shape index (κ2) is 6.67. The minimum absolute atomic E-state index is 0.0656. The van der Waals surface area contributed by atoms with Crippen LogP contribution >= 0.6 is 0 Å². The van der Waals surface area contributed by atoms with Gasteiger partial charge < -0.3 is 15.0 Å². The highest BCUT2D eigenvalue weighted by molar-refractivity contribution is 5.76. The van der Waals surface area contributed by atoms with Crippen LogP contribution in [-0.2, 0) is 4.74 Å². The Morgan fingerprint density at radius 1 is 1.53 bits per heavy atom. The van der Waals surface area contributed by atoms with E-state index in [2.05, 4.69) is 12.2 Å². The Labute approximate surface area is 92.0 Å². The van der Waals surface area contributed by atoms with Gasteiger partial charge in [0, 0.05) is 19.7 Å². The predicted octanol–water partition coefficient (Wildman–Crippen LogP) is 1.61. The summed E-state index contributed by atoms with van der Waals surface area (Å²) in [5, 5.41) is 2.89. The molecule has 1 unspecified atom stereocenters. The standard InChI is InChI=1S/C11H22N2O2/c1-3-5-6-10-9-12-11(14)13(10)7-8-15-4-2/h10H,3-9H2,1-2H3,(H,12,14). The summed E-state index contributed by atoms with van der Waals surface area (Å²) in [5.41, 5.74) is 0. The molecular formula is C11H22N2O2. The Bertz CT molecular complexity index is 197. The molecule has 0 spiro atoms. The predicted molar refractivity (Wildman–Crippen MR) is 59.9 cm³/mol. The van der Waals surface area contributed by atoms with Gasteiger partial charge in [-0.3, -0.25) is 0 Å². The van der Waals surface area contributed by atoms with E-state index in [4.69, 9.17) is 4.74 Å². The monoisotopic (exact) mass is 214 g/mol. The number of urea groups is 1. The number of rotatable bonds is 7. The second-order valence-electron chi connectivity index (χ2n) is 3.87. The molecule has 0 aliphatic carbocycles. The van der Waals surface area contributed by atoms with Crippen LogP contribution in [0.1, 0.15) is 33.1 Å². The van der Waals surface area contributed by atoms with Crippen molar-refractivity contribution < 1.29 is 9.53 Å². The van der Waals surface area contributed by atoms with E-state index in [1.54, 1.807) is 0 Å². The van der Waals surface area contributed by atoms with Crippen LogP contribution in [0, 0.1) is 0 Å². The van der Waals surface area contributed by atoms with E-state index in [-0.39, 0.29) is 6.03 Å². The molecule has 88 valence electrons. The van der Waals surface area contributed by atoms with E-state index in [1.165, 1.54) is 12.8 Å². The van der Waals surface area contributed by atoms with E-state index in [1.807, 2.05) is 11.8 Å². The van der Waals surface area contributed by atoms with Crippen LogP contribution < -0.4 is 5.32 Å². The molecule has 1 heterocycles. The van der Waals surface area contributed by atoms with Crippen molar-refractivity contribution in [1.29, 1.82) is 0 Å². The van der Waals surface area contributed by atoms with Crippen LogP contribution in [0.25, 0.3) is 0 Å². The molecule has 4 nitrogen and oxygen atoms in total. The third-order valence-corrected chi connectivity index (χ3v) is 2.76. The third-order valence-electron chi connectivity index (χ3n) is 2.76. The van der Waals surface area contributed by atoms with Crippen LogP contribution in [0.4, 0.5) is 4.79 Å². The average Bonchev–Trinajstić information content (AvgIpc) is 2.58. The number of carbonyl (C=O) groups excluding carboxylic acids is 1. The topological polar surface area (TPSA) is 41.6 Å². The first-order chi connectivity index (χ1) is 7.29. The number of nitrogens with one attached hydrogen (secondary N) is 1. The number of unbranched alkanes of at least 4 members (excludes halogenated alkanes) is 1. The first kappa shape index (κ1) is 12.3. The lowest BCUT2D eigenvalue weighted by atomic mass is 10.1. The Balaban J connectivity index is 2.31. The largest absolute Gasteiger partial charge is 0.380 e. The van der Waals surface area contributed by atoms with E-state index in [0.717, 1.165) is 19.6 Å². The van der Waals surface area contributed by atoms with E-state index in [0.29, 0.717) is 19.2 Å². The molecule has 1 N–H and O–H groups in total. The maximum atomic E-state index is 11.5. The summed E-state index contributed by atoms with van der Waals surface area (Å²) >= 11 is 0. The Kier molecular flexibility index (Phi) is 5.47. The van der Waals surface area contributed by atoms with Gasteiger partial charge in [0.05, 0.1) is 12.6 Å². The number of nitrogens with zero attached hydrogens (tertiary/aromatic N) is 1. The molecule has 0 bridgehead atoms. The van der Waals surface area contributed by atoms with Crippen LogP contribution in [0.5, 0.6) is 0 Å². The molecule has 4 heteroatoms. The van der Waals surface area contributed by atoms with Crippen molar-refractivity contribution >= 4 is 6.03 Å². The number of hydrogen-bond donors (Lipinski definition) is 1. The Hall–Kier alpha value is -0.770. The quantitative estimate of drug-likeness (QED) is 0.654. The van der Waals surface area contributed by atoms with Crippen molar-refractivity contribution in [2.24, 2.45) is 0 Å². The van der Waals surface area contributed by atoms with Gasteiger partial charge in [0.2, 0.25) is 0 Å². The zero-order valence-corrected chi connectivity index (χ0v) is 9.79. The Morgan fingerprint density at radius 3 is 3.00 bits per heavy atom. The zero-order valence-electron chi connectivity index (χ0n) is 9.79. The number of hydrogen-bond acceptors (Lipinski definition) is 2. The summed E-state index contributed by atoms with van der Waals surface area (Å²) < 4.78 is 5.27. The molecule has 0 radical (unpaired) electrons. The first-order valence-corrected chi connectivity index (χ1v) is 5.91. The second-order valence-corrected chi connectivity index (χ2v) is 3.87. The van der Waals surface area contributed by atoms with E-state index < -0.39 is 0 Å². The van der Waals surface area contributed by atoms with Crippen LogP contribution in [0.2, 0.25) is 0 Å². The highest BCUT2D eigenvalue weighted by atomic mass is 16.5. The molecule has 2 amide bonds. The molecule has 0 saturated carbocycles. The van der Waals surface area contributed by atoms with Crippen molar-refractivity contribution in [3.8, 4) is 0 Å². The Morgan fingerprint density at radius 2 is 2.33 bits per heavy atom. The molecule has 1 saturated heterocycles. The third kappa shape index (κ3) is 3.70. The van der Waals surface area contributed by atoms with E-state index >= 15 is 0 Å². The number of ether oxygens (including phenoxy) is 1. The van der Waals surface area contributed by atoms with Gasteiger partial charge in [0.1, 0.15) is 0 Å². The van der Waals surface area contributed by atoms with Crippen molar-refractivity contribution in [2.45, 2.75) is 39.2 Å². The molecule has 15 heavy (non-hydrogen) atoms. The fourth-order valence-corrected chi connectivity index (χ4v) is 1.87. The van der Waals surface area contributed by atoms with Gasteiger partial charge >= 0.3 is 6.03 Å². The molecule has 0 aromatic carbocycles. The lowest BCUT2D eigenvalue weighted by molar-refractivity contribution is 0.115. The minimum Gasteiger partial charge on any atom is -0.380 e. The smallest absolute Gasteiger partial charge is 0.317 e. The van der Waals surface area contributed by atoms with Crippen LogP contribution in [0.3, 0.4) is 0 Å². The molecule has 1 rings (SSSR count). The van der Waals surface area contributed by atoms with Gasteiger partial charge in [-0.15, -0.1) is 0 Å². The van der Waals surface area contributed by atoms with Gasteiger partial charge in [-0.1, -0.05) is 19.8 Å². The fraction of sp³-hybridized carbons (Fsp3) is 0.909. The molecule has 1 aliphatic rings. The highest BCUT2D eigenvalue weighted by Crippen LogP contribution is 2.13. The van der Waals surface area contributed by atoms with E-state index in [9.17, 15) is 4.79 Å². The maximum absolute atomic E-state index is 11.5. The summed E-state index contributed by atoms with van der Waals surface area (Å²) in [6.07, 6.45) is 3.47. The van der Waals surface area contributed by atoms with Crippen LogP contribution in [-0.4, -0.2) is 43.3 Å². The van der Waals surface area contributed by atoms with Crippen molar-refractivity contribution in [1.82, 2.24) is 10.2 Å². The molecular weight excluding hydrogens is 192 g/mol. The zero-order chi connectivity index (χ0) is 11.1. The molecule has 1 atom stereocenters. The van der Waals surface area contributed by atoms with Crippen molar-refractivity contribution in [3.63, 3.8) is 0 Å². The van der Waals surface area contributed by atoms with Crippen molar-refractivity contribution in [3.05, 3.63) is 0 Å². The van der Waals surface area contributed by atoms with Gasteiger partial charge in [-0.05, 0) is 13.3 Å². The average molecular weight is 214 g/mol. The number of carbonyl (C=O) groups is 1. The first-order valence-electron chi connectivity index (χ1n) is 5.91. The minimum atomic E-state index is 0.0656. The van der Waals surface area contributed by atoms with Gasteiger partial charge in [-0.2, -0.15) is 0 Å². The van der Waals surface area contributed by atoms with Gasteiger partial charge in [0.25, 0.3) is 0 Å². The molecule has 1 fully saturated rings. The lowest BCUT2D eigenvalue weighted by Gasteiger charge is -2.22. The van der Waals surface area contributed by atoms with Crippen LogP contribution in [0.15, 0.2) is 0 Å². The highest BCUT2D eigenvalue weighted by Gasteiger charge is 2.29. The SMILES string of the molecule is CCCCC1CNC(=O)N1CCOCC. The summed E-state index contributed by atoms with van der Waals surface area (Å²) in [6.45, 7) is 7.02. The normalized spacial score (nSPS) is 20.8. The maximum Gasteiger partial charge on any atom is 0.317 e. The summed E-state index contributed by atoms with van der Waals surface area (Å²) in [7, 11) is 0. The molecule has 0 aromatic rings. The molecule has 1 aliphatic heterocycles. The summed E-state index contributed by atoms with van der Waals surface area (Å²) in [4.78, 5) is 13.4. The molecule has 0 aromatic heterocycles. The fourth-order valence-electron chi connectivity index (χ4n) is 1.87. The summed E-state index contributed by atoms with van der Waals surface area (Å²) in [6, 6.07) is 0.439.